The smallest absolute Gasteiger partial charge is 0.367 e. The number of halogens is 3. The Balaban J connectivity index is 2.38. The number of hydrogen-bond acceptors (Lipinski definition) is 6. The minimum Gasteiger partial charge on any atom is -0.367 e. The molecule has 22 heavy (non-hydrogen) atoms. The topological polar surface area (TPSA) is 93.0 Å². The summed E-state index contributed by atoms with van der Waals surface area (Å²) >= 11 is 0. The van der Waals surface area contributed by atoms with Gasteiger partial charge in [0.05, 0.1) is 16.2 Å². The fourth-order valence-electron chi connectivity index (χ4n) is 1.71. The lowest BCUT2D eigenvalue weighted by Crippen LogP contribution is -2.10. The Labute approximate surface area is 122 Å². The van der Waals surface area contributed by atoms with E-state index < -0.39 is 16.7 Å². The first-order valence-corrected chi connectivity index (χ1v) is 5.95. The van der Waals surface area contributed by atoms with Crippen LogP contribution in [0, 0.1) is 10.1 Å². The van der Waals surface area contributed by atoms with Crippen molar-refractivity contribution in [1.82, 2.24) is 9.97 Å². The molecule has 0 saturated carbocycles. The number of nitrogens with zero attached hydrogens (tertiary/aromatic N) is 3. The molecule has 0 radical (unpaired) electrons. The summed E-state index contributed by atoms with van der Waals surface area (Å²) in [6, 6.07) is 4.80. The summed E-state index contributed by atoms with van der Waals surface area (Å²) < 4.78 is 38.7. The molecule has 0 aliphatic rings. The summed E-state index contributed by atoms with van der Waals surface area (Å²) in [5.74, 6) is -0.293. The van der Waals surface area contributed by atoms with Crippen molar-refractivity contribution in [2.45, 2.75) is 6.18 Å². The van der Waals surface area contributed by atoms with Gasteiger partial charge in [-0.05, 0) is 12.1 Å². The van der Waals surface area contributed by atoms with Gasteiger partial charge in [-0.2, -0.15) is 18.2 Å². The van der Waals surface area contributed by atoms with E-state index in [1.54, 1.807) is 0 Å². The molecule has 0 bridgehead atoms. The van der Waals surface area contributed by atoms with E-state index in [1.807, 2.05) is 0 Å². The van der Waals surface area contributed by atoms with Crippen LogP contribution in [0.15, 0.2) is 30.5 Å². The maximum absolute atomic E-state index is 12.9. The Morgan fingerprint density at radius 1 is 1.27 bits per heavy atom. The number of rotatable bonds is 4. The zero-order valence-electron chi connectivity index (χ0n) is 11.2. The lowest BCUT2D eigenvalue weighted by Gasteiger charge is -2.13. The second-order valence-electron chi connectivity index (χ2n) is 4.10. The van der Waals surface area contributed by atoms with Crippen molar-refractivity contribution in [3.63, 3.8) is 0 Å². The highest BCUT2D eigenvalue weighted by atomic mass is 19.4. The number of nitro groups is 1. The number of nitrogens with one attached hydrogen (secondary N) is 2. The van der Waals surface area contributed by atoms with Crippen molar-refractivity contribution >= 4 is 23.1 Å². The Morgan fingerprint density at radius 2 is 1.95 bits per heavy atom. The van der Waals surface area contributed by atoms with Crippen LogP contribution in [0.25, 0.3) is 0 Å². The standard InChI is InChI=1S/C12H10F3N5O2/c1-16-10-9(20(21)22)6-17-11(19-10)18-8-5-3-2-4-7(8)12(13,14)15/h2-6H,1H3,(H2,16,17,18,19). The summed E-state index contributed by atoms with van der Waals surface area (Å²) in [6.07, 6.45) is -3.63. The van der Waals surface area contributed by atoms with Crippen LogP contribution in [0.4, 0.5) is 36.3 Å². The molecular formula is C12H10F3N5O2. The lowest BCUT2D eigenvalue weighted by molar-refractivity contribution is -0.384. The van der Waals surface area contributed by atoms with E-state index in [0.29, 0.717) is 0 Å². The third-order valence-electron chi connectivity index (χ3n) is 2.68. The van der Waals surface area contributed by atoms with E-state index in [1.165, 1.54) is 25.2 Å². The van der Waals surface area contributed by atoms with Crippen molar-refractivity contribution in [3.8, 4) is 0 Å². The summed E-state index contributed by atoms with van der Waals surface area (Å²) in [5, 5.41) is 15.7. The van der Waals surface area contributed by atoms with Gasteiger partial charge in [-0.1, -0.05) is 12.1 Å². The van der Waals surface area contributed by atoms with Crippen LogP contribution in [-0.2, 0) is 6.18 Å². The van der Waals surface area contributed by atoms with Crippen LogP contribution in [0.3, 0.4) is 0 Å². The average Bonchev–Trinajstić information content (AvgIpc) is 2.46. The number of hydrogen-bond donors (Lipinski definition) is 2. The van der Waals surface area contributed by atoms with Gasteiger partial charge >= 0.3 is 11.9 Å². The number of para-hydroxylation sites is 1. The number of benzene rings is 1. The van der Waals surface area contributed by atoms with Gasteiger partial charge < -0.3 is 10.6 Å². The maximum atomic E-state index is 12.9. The van der Waals surface area contributed by atoms with Crippen LogP contribution in [0.1, 0.15) is 5.56 Å². The van der Waals surface area contributed by atoms with E-state index in [4.69, 9.17) is 0 Å². The molecule has 116 valence electrons. The monoisotopic (exact) mass is 313 g/mol. The number of anilines is 3. The largest absolute Gasteiger partial charge is 0.418 e. The van der Waals surface area contributed by atoms with E-state index >= 15 is 0 Å². The quantitative estimate of drug-likeness (QED) is 0.665. The van der Waals surface area contributed by atoms with Crippen LogP contribution >= 0.6 is 0 Å². The Kier molecular flexibility index (Phi) is 4.11. The second kappa shape index (κ2) is 5.84. The average molecular weight is 313 g/mol. The van der Waals surface area contributed by atoms with E-state index in [0.717, 1.165) is 12.3 Å². The van der Waals surface area contributed by atoms with Crippen LogP contribution < -0.4 is 10.6 Å². The molecule has 0 fully saturated rings. The molecular weight excluding hydrogens is 303 g/mol. The maximum Gasteiger partial charge on any atom is 0.418 e. The molecule has 1 heterocycles. The molecule has 2 rings (SSSR count). The summed E-state index contributed by atoms with van der Waals surface area (Å²) in [5.41, 5.74) is -1.51. The predicted molar refractivity (Wildman–Crippen MR) is 73.0 cm³/mol. The van der Waals surface area contributed by atoms with Crippen LogP contribution in [0.5, 0.6) is 0 Å². The minimum atomic E-state index is -4.55. The highest BCUT2D eigenvalue weighted by molar-refractivity contribution is 5.63. The molecule has 2 aromatic rings. The summed E-state index contributed by atoms with van der Waals surface area (Å²) in [4.78, 5) is 17.5. The Bertz CT molecular complexity index is 705. The highest BCUT2D eigenvalue weighted by Gasteiger charge is 2.33. The molecule has 10 heteroatoms. The molecule has 0 unspecified atom stereocenters. The van der Waals surface area contributed by atoms with Gasteiger partial charge in [0.1, 0.15) is 6.20 Å². The van der Waals surface area contributed by atoms with Crippen molar-refractivity contribution in [2.75, 3.05) is 17.7 Å². The molecule has 0 spiro atoms. The van der Waals surface area contributed by atoms with E-state index in [9.17, 15) is 23.3 Å². The normalized spacial score (nSPS) is 11.1. The predicted octanol–water partition coefficient (Wildman–Crippen LogP) is 3.19. The molecule has 0 aliphatic carbocycles. The molecule has 0 aliphatic heterocycles. The SMILES string of the molecule is CNc1nc(Nc2ccccc2C(F)(F)F)ncc1[N+](=O)[O-]. The third-order valence-corrected chi connectivity index (χ3v) is 2.68. The van der Waals surface area contributed by atoms with Gasteiger partial charge in [0.15, 0.2) is 0 Å². The summed E-state index contributed by atoms with van der Waals surface area (Å²) in [6.45, 7) is 0. The molecule has 0 saturated heterocycles. The van der Waals surface area contributed by atoms with Gasteiger partial charge in [-0.25, -0.2) is 4.98 Å². The van der Waals surface area contributed by atoms with Crippen molar-refractivity contribution in [3.05, 3.63) is 46.1 Å². The first-order chi connectivity index (χ1) is 10.3. The number of aromatic nitrogens is 2. The number of alkyl halides is 3. The van der Waals surface area contributed by atoms with Crippen molar-refractivity contribution in [1.29, 1.82) is 0 Å². The van der Waals surface area contributed by atoms with Gasteiger partial charge in [0.2, 0.25) is 11.8 Å². The second-order valence-corrected chi connectivity index (χ2v) is 4.10. The Morgan fingerprint density at radius 3 is 2.55 bits per heavy atom. The zero-order chi connectivity index (χ0) is 16.3. The van der Waals surface area contributed by atoms with Gasteiger partial charge in [-0.15, -0.1) is 0 Å². The molecule has 0 atom stereocenters. The third kappa shape index (κ3) is 3.22. The molecule has 1 aromatic carbocycles. The fraction of sp³-hybridized carbons (Fsp3) is 0.167. The highest BCUT2D eigenvalue weighted by Crippen LogP contribution is 2.35. The van der Waals surface area contributed by atoms with E-state index in [2.05, 4.69) is 20.6 Å². The van der Waals surface area contributed by atoms with Crippen molar-refractivity contribution in [2.24, 2.45) is 0 Å². The fourth-order valence-corrected chi connectivity index (χ4v) is 1.71. The van der Waals surface area contributed by atoms with Crippen LogP contribution in [0.2, 0.25) is 0 Å². The van der Waals surface area contributed by atoms with E-state index in [-0.39, 0.29) is 23.1 Å². The molecule has 7 nitrogen and oxygen atoms in total. The first-order valence-electron chi connectivity index (χ1n) is 5.95. The first kappa shape index (κ1) is 15.5. The summed E-state index contributed by atoms with van der Waals surface area (Å²) in [7, 11) is 1.41. The van der Waals surface area contributed by atoms with Crippen LogP contribution in [-0.4, -0.2) is 21.9 Å². The zero-order valence-corrected chi connectivity index (χ0v) is 11.2. The van der Waals surface area contributed by atoms with Gasteiger partial charge in [0, 0.05) is 7.05 Å². The molecule has 1 aromatic heterocycles. The van der Waals surface area contributed by atoms with Gasteiger partial charge in [-0.3, -0.25) is 10.1 Å². The minimum absolute atomic E-state index is 0.105. The molecule has 0 amide bonds. The Hall–Kier alpha value is -2.91. The van der Waals surface area contributed by atoms with Crippen molar-refractivity contribution < 1.29 is 18.1 Å². The molecule has 2 N–H and O–H groups in total. The van der Waals surface area contributed by atoms with Gasteiger partial charge in [0.25, 0.3) is 0 Å². The lowest BCUT2D eigenvalue weighted by atomic mass is 10.1.